The molecule has 48 valence electrons. The Bertz CT molecular complexity index is 164. The van der Waals surface area contributed by atoms with Crippen LogP contribution in [0.5, 0.6) is 0 Å². The highest BCUT2D eigenvalue weighted by atomic mass is 32.2. The Hall–Kier alpha value is -0.750. The summed E-state index contributed by atoms with van der Waals surface area (Å²) in [5, 5.41) is 0.0233. The SMILES string of the molecule is CC(=O)SCC#CC=O. The summed E-state index contributed by atoms with van der Waals surface area (Å²) in [5.41, 5.74) is 0. The molecule has 0 atom stereocenters. The molecule has 0 saturated carbocycles. The second-order valence-corrected chi connectivity index (χ2v) is 2.37. The van der Waals surface area contributed by atoms with Crippen molar-refractivity contribution < 1.29 is 9.59 Å². The molecule has 0 aliphatic rings. The minimum Gasteiger partial charge on any atom is -0.289 e. The smallest absolute Gasteiger partial charge is 0.192 e. The van der Waals surface area contributed by atoms with Crippen molar-refractivity contribution in [2.45, 2.75) is 6.92 Å². The molecule has 0 aliphatic carbocycles. The van der Waals surface area contributed by atoms with Gasteiger partial charge in [0, 0.05) is 6.92 Å². The predicted octanol–water partition coefficient (Wildman–Crippen LogP) is 0.468. The molecule has 0 heterocycles. The number of aldehydes is 1. The number of rotatable bonds is 1. The van der Waals surface area contributed by atoms with E-state index in [0.29, 0.717) is 12.0 Å². The van der Waals surface area contributed by atoms with Gasteiger partial charge in [0.05, 0.1) is 5.75 Å². The quantitative estimate of drug-likeness (QED) is 0.394. The fraction of sp³-hybridized carbons (Fsp3) is 0.333. The van der Waals surface area contributed by atoms with Crippen molar-refractivity contribution in [3.63, 3.8) is 0 Å². The van der Waals surface area contributed by atoms with Crippen LogP contribution in [0.15, 0.2) is 0 Å². The molecule has 0 amide bonds. The first kappa shape index (κ1) is 8.25. The maximum atomic E-state index is 10.2. The third-order valence-electron chi connectivity index (χ3n) is 0.509. The van der Waals surface area contributed by atoms with E-state index in [0.717, 1.165) is 11.8 Å². The summed E-state index contributed by atoms with van der Waals surface area (Å²) in [5.74, 6) is 5.10. The van der Waals surface area contributed by atoms with Gasteiger partial charge < -0.3 is 0 Å². The molecule has 0 aromatic heterocycles. The van der Waals surface area contributed by atoms with Crippen molar-refractivity contribution in [1.29, 1.82) is 0 Å². The third kappa shape index (κ3) is 7.25. The summed E-state index contributed by atoms with van der Waals surface area (Å²) in [6.07, 6.45) is 0.515. The summed E-state index contributed by atoms with van der Waals surface area (Å²) in [6.45, 7) is 1.47. The average molecular weight is 142 g/mol. The van der Waals surface area contributed by atoms with Crippen LogP contribution in [0.4, 0.5) is 0 Å². The van der Waals surface area contributed by atoms with Crippen LogP contribution in [0.25, 0.3) is 0 Å². The lowest BCUT2D eigenvalue weighted by atomic mass is 10.7. The Balaban J connectivity index is 3.29. The average Bonchev–Trinajstić information content (AvgIpc) is 1.80. The minimum atomic E-state index is 0.0233. The molecule has 0 aliphatic heterocycles. The molecule has 9 heavy (non-hydrogen) atoms. The van der Waals surface area contributed by atoms with E-state index in [-0.39, 0.29) is 5.12 Å². The van der Waals surface area contributed by atoms with Gasteiger partial charge in [-0.05, 0) is 5.92 Å². The van der Waals surface area contributed by atoms with E-state index in [1.165, 1.54) is 6.92 Å². The van der Waals surface area contributed by atoms with Crippen molar-refractivity contribution >= 4 is 23.2 Å². The van der Waals surface area contributed by atoms with Gasteiger partial charge in [-0.1, -0.05) is 17.7 Å². The molecule has 0 aromatic rings. The Morgan fingerprint density at radius 2 is 2.44 bits per heavy atom. The van der Waals surface area contributed by atoms with Gasteiger partial charge in [0.1, 0.15) is 0 Å². The normalized spacial score (nSPS) is 7.22. The van der Waals surface area contributed by atoms with Crippen molar-refractivity contribution in [3.05, 3.63) is 0 Å². The van der Waals surface area contributed by atoms with Gasteiger partial charge >= 0.3 is 0 Å². The standard InChI is InChI=1S/C6H6O2S/c1-6(8)9-5-3-2-4-7/h4H,5H2,1H3. The predicted molar refractivity (Wildman–Crippen MR) is 37.0 cm³/mol. The first-order chi connectivity index (χ1) is 4.27. The lowest BCUT2D eigenvalue weighted by molar-refractivity contribution is -0.109. The minimum absolute atomic E-state index is 0.0233. The van der Waals surface area contributed by atoms with Crippen LogP contribution in [-0.4, -0.2) is 17.2 Å². The lowest BCUT2D eigenvalue weighted by Gasteiger charge is -1.81. The zero-order chi connectivity index (χ0) is 7.11. The maximum Gasteiger partial charge on any atom is 0.192 e. The first-order valence-corrected chi connectivity index (χ1v) is 3.31. The van der Waals surface area contributed by atoms with Crippen LogP contribution in [0.3, 0.4) is 0 Å². The molecule has 3 heteroatoms. The summed E-state index contributed by atoms with van der Waals surface area (Å²) in [6, 6.07) is 0. The van der Waals surface area contributed by atoms with Crippen LogP contribution in [-0.2, 0) is 9.59 Å². The molecule has 0 N–H and O–H groups in total. The molecule has 0 saturated heterocycles. The third-order valence-corrected chi connectivity index (χ3v) is 1.20. The van der Waals surface area contributed by atoms with Crippen LogP contribution in [0.2, 0.25) is 0 Å². The van der Waals surface area contributed by atoms with E-state index in [4.69, 9.17) is 0 Å². The number of carbonyl (C=O) groups is 2. The van der Waals surface area contributed by atoms with Crippen molar-refractivity contribution in [1.82, 2.24) is 0 Å². The van der Waals surface area contributed by atoms with Crippen LogP contribution < -0.4 is 0 Å². The monoisotopic (exact) mass is 142 g/mol. The lowest BCUT2D eigenvalue weighted by Crippen LogP contribution is -1.81. The number of thioether (sulfide) groups is 1. The molecule has 0 aromatic carbocycles. The molecule has 0 spiro atoms. The van der Waals surface area contributed by atoms with E-state index in [9.17, 15) is 9.59 Å². The van der Waals surface area contributed by atoms with E-state index >= 15 is 0 Å². The second kappa shape index (κ2) is 5.39. The second-order valence-electron chi connectivity index (χ2n) is 1.22. The van der Waals surface area contributed by atoms with Crippen molar-refractivity contribution in [2.75, 3.05) is 5.75 Å². The van der Waals surface area contributed by atoms with Crippen molar-refractivity contribution in [3.8, 4) is 11.8 Å². The highest BCUT2D eigenvalue weighted by Crippen LogP contribution is 1.97. The zero-order valence-corrected chi connectivity index (χ0v) is 5.83. The van der Waals surface area contributed by atoms with Gasteiger partial charge in [0.15, 0.2) is 11.4 Å². The van der Waals surface area contributed by atoms with Crippen LogP contribution in [0.1, 0.15) is 6.92 Å². The van der Waals surface area contributed by atoms with Gasteiger partial charge in [0.25, 0.3) is 0 Å². The Labute approximate surface area is 58.0 Å². The molecule has 2 nitrogen and oxygen atoms in total. The van der Waals surface area contributed by atoms with Crippen molar-refractivity contribution in [2.24, 2.45) is 0 Å². The molecule has 0 rings (SSSR count). The van der Waals surface area contributed by atoms with Gasteiger partial charge in [0.2, 0.25) is 0 Å². The molecular weight excluding hydrogens is 136 g/mol. The molecule has 0 unspecified atom stereocenters. The summed E-state index contributed by atoms with van der Waals surface area (Å²) >= 11 is 1.10. The number of carbonyl (C=O) groups excluding carboxylic acids is 2. The number of hydrogen-bond acceptors (Lipinski definition) is 3. The Morgan fingerprint density at radius 1 is 1.78 bits per heavy atom. The fourth-order valence-electron chi connectivity index (χ4n) is 0.221. The van der Waals surface area contributed by atoms with Gasteiger partial charge in [-0.25, -0.2) is 0 Å². The Morgan fingerprint density at radius 3 is 2.89 bits per heavy atom. The molecular formula is C6H6O2S. The van der Waals surface area contributed by atoms with Crippen LogP contribution in [0, 0.1) is 11.8 Å². The maximum absolute atomic E-state index is 10.2. The van der Waals surface area contributed by atoms with Gasteiger partial charge in [-0.3, -0.25) is 9.59 Å². The van der Waals surface area contributed by atoms with Gasteiger partial charge in [-0.2, -0.15) is 0 Å². The highest BCUT2D eigenvalue weighted by molar-refractivity contribution is 8.13. The zero-order valence-electron chi connectivity index (χ0n) is 5.01. The summed E-state index contributed by atoms with van der Waals surface area (Å²) < 4.78 is 0. The van der Waals surface area contributed by atoms with Crippen LogP contribution >= 0.6 is 11.8 Å². The Kier molecular flexibility index (Phi) is 4.94. The van der Waals surface area contributed by atoms with E-state index < -0.39 is 0 Å². The van der Waals surface area contributed by atoms with Gasteiger partial charge in [-0.15, -0.1) is 0 Å². The first-order valence-electron chi connectivity index (χ1n) is 2.32. The van der Waals surface area contributed by atoms with E-state index in [1.807, 2.05) is 0 Å². The highest BCUT2D eigenvalue weighted by Gasteiger charge is 1.87. The largest absolute Gasteiger partial charge is 0.289 e. The molecule has 0 radical (unpaired) electrons. The summed E-state index contributed by atoms with van der Waals surface area (Å²) in [4.78, 5) is 19.8. The fourth-order valence-corrected chi connectivity index (χ4v) is 0.580. The summed E-state index contributed by atoms with van der Waals surface area (Å²) in [7, 11) is 0. The number of hydrogen-bond donors (Lipinski definition) is 0. The topological polar surface area (TPSA) is 34.1 Å². The van der Waals surface area contributed by atoms with E-state index in [2.05, 4.69) is 11.8 Å². The van der Waals surface area contributed by atoms with E-state index in [1.54, 1.807) is 0 Å². The molecule has 0 fully saturated rings. The molecule has 0 bridgehead atoms.